The molecule has 1 rings (SSSR count). The first-order valence-corrected chi connectivity index (χ1v) is 4.37. The van der Waals surface area contributed by atoms with Crippen LogP contribution in [0.25, 0.3) is 0 Å². The zero-order chi connectivity index (χ0) is 8.27. The fourth-order valence-corrected chi connectivity index (χ4v) is 1.70. The Hall–Kier alpha value is -0.370. The van der Waals surface area contributed by atoms with Gasteiger partial charge in [-0.25, -0.2) is 0 Å². The van der Waals surface area contributed by atoms with Crippen LogP contribution in [-0.4, -0.2) is 17.5 Å². The Bertz CT molecular complexity index is 142. The summed E-state index contributed by atoms with van der Waals surface area (Å²) in [6.07, 6.45) is 3.75. The van der Waals surface area contributed by atoms with E-state index in [1.807, 2.05) is 6.92 Å². The van der Waals surface area contributed by atoms with Crippen molar-refractivity contribution >= 4 is 5.78 Å². The SMILES string of the molecule is C[C@H](CO)C[C@@H]1CCCC1=O. The van der Waals surface area contributed by atoms with Gasteiger partial charge in [0.1, 0.15) is 5.78 Å². The monoisotopic (exact) mass is 156 g/mol. The quantitative estimate of drug-likeness (QED) is 0.670. The third-order valence-electron chi connectivity index (χ3n) is 2.43. The summed E-state index contributed by atoms with van der Waals surface area (Å²) in [6.45, 7) is 2.20. The van der Waals surface area contributed by atoms with E-state index in [1.54, 1.807) is 0 Å². The van der Waals surface area contributed by atoms with Crippen molar-refractivity contribution in [3.05, 3.63) is 0 Å². The molecule has 1 N–H and O–H groups in total. The summed E-state index contributed by atoms with van der Waals surface area (Å²) in [5, 5.41) is 8.77. The Kier molecular flexibility index (Phi) is 3.06. The number of carbonyl (C=O) groups is 1. The average molecular weight is 156 g/mol. The van der Waals surface area contributed by atoms with Crippen molar-refractivity contribution in [1.29, 1.82) is 0 Å². The summed E-state index contributed by atoms with van der Waals surface area (Å²) in [6, 6.07) is 0. The maximum Gasteiger partial charge on any atom is 0.135 e. The van der Waals surface area contributed by atoms with Crippen LogP contribution in [0.5, 0.6) is 0 Å². The number of hydrogen-bond donors (Lipinski definition) is 1. The first kappa shape index (κ1) is 8.72. The van der Waals surface area contributed by atoms with Gasteiger partial charge in [-0.1, -0.05) is 6.92 Å². The van der Waals surface area contributed by atoms with Gasteiger partial charge in [0.15, 0.2) is 0 Å². The predicted molar refractivity (Wildman–Crippen MR) is 43.2 cm³/mol. The number of aliphatic hydroxyl groups excluding tert-OH is 1. The van der Waals surface area contributed by atoms with Crippen LogP contribution in [0.2, 0.25) is 0 Å². The highest BCUT2D eigenvalue weighted by Crippen LogP contribution is 2.26. The molecule has 2 nitrogen and oxygen atoms in total. The fraction of sp³-hybridized carbons (Fsp3) is 0.889. The van der Waals surface area contributed by atoms with Crippen LogP contribution in [0.15, 0.2) is 0 Å². The van der Waals surface area contributed by atoms with Crippen molar-refractivity contribution in [2.24, 2.45) is 11.8 Å². The molecule has 2 heteroatoms. The Balaban J connectivity index is 2.30. The highest BCUT2D eigenvalue weighted by Gasteiger charge is 2.25. The van der Waals surface area contributed by atoms with Crippen molar-refractivity contribution in [1.82, 2.24) is 0 Å². The van der Waals surface area contributed by atoms with E-state index in [1.165, 1.54) is 0 Å². The fourth-order valence-electron chi connectivity index (χ4n) is 1.70. The molecule has 0 amide bonds. The maximum absolute atomic E-state index is 11.1. The molecule has 0 aliphatic heterocycles. The molecular weight excluding hydrogens is 140 g/mol. The molecule has 0 saturated heterocycles. The van der Waals surface area contributed by atoms with Gasteiger partial charge in [-0.3, -0.25) is 4.79 Å². The normalized spacial score (nSPS) is 27.5. The molecule has 64 valence electrons. The summed E-state index contributed by atoms with van der Waals surface area (Å²) in [5.41, 5.74) is 0. The molecule has 0 bridgehead atoms. The largest absolute Gasteiger partial charge is 0.396 e. The number of aliphatic hydroxyl groups is 1. The van der Waals surface area contributed by atoms with Crippen molar-refractivity contribution < 1.29 is 9.90 Å². The van der Waals surface area contributed by atoms with Gasteiger partial charge >= 0.3 is 0 Å². The molecule has 0 aromatic carbocycles. The van der Waals surface area contributed by atoms with Gasteiger partial charge in [-0.15, -0.1) is 0 Å². The van der Waals surface area contributed by atoms with Gasteiger partial charge in [-0.2, -0.15) is 0 Å². The summed E-state index contributed by atoms with van der Waals surface area (Å²) < 4.78 is 0. The Labute approximate surface area is 67.6 Å². The van der Waals surface area contributed by atoms with Gasteiger partial charge in [0.2, 0.25) is 0 Å². The van der Waals surface area contributed by atoms with E-state index in [4.69, 9.17) is 5.11 Å². The van der Waals surface area contributed by atoms with Gasteiger partial charge in [0, 0.05) is 18.9 Å². The number of Topliss-reactive ketones (excluding diaryl/α,β-unsaturated/α-hetero) is 1. The standard InChI is InChI=1S/C9H16O2/c1-7(6-10)5-8-3-2-4-9(8)11/h7-8,10H,2-6H2,1H3/t7-,8-/m0/s1. The minimum Gasteiger partial charge on any atom is -0.396 e. The average Bonchev–Trinajstić information content (AvgIpc) is 2.37. The Morgan fingerprint density at radius 1 is 1.73 bits per heavy atom. The molecule has 0 radical (unpaired) electrons. The molecular formula is C9H16O2. The van der Waals surface area contributed by atoms with Gasteiger partial charge < -0.3 is 5.11 Å². The molecule has 2 atom stereocenters. The van der Waals surface area contributed by atoms with E-state index in [0.717, 1.165) is 25.7 Å². The van der Waals surface area contributed by atoms with Crippen LogP contribution in [0.3, 0.4) is 0 Å². The van der Waals surface area contributed by atoms with E-state index < -0.39 is 0 Å². The molecule has 0 unspecified atom stereocenters. The molecule has 1 aliphatic carbocycles. The van der Waals surface area contributed by atoms with E-state index in [-0.39, 0.29) is 12.5 Å². The first-order chi connectivity index (χ1) is 5.24. The van der Waals surface area contributed by atoms with Crippen LogP contribution in [0.1, 0.15) is 32.6 Å². The summed E-state index contributed by atoms with van der Waals surface area (Å²) >= 11 is 0. The lowest BCUT2D eigenvalue weighted by molar-refractivity contribution is -0.121. The van der Waals surface area contributed by atoms with Crippen LogP contribution in [-0.2, 0) is 4.79 Å². The lowest BCUT2D eigenvalue weighted by Gasteiger charge is -2.11. The smallest absolute Gasteiger partial charge is 0.135 e. The molecule has 1 saturated carbocycles. The second-order valence-corrected chi connectivity index (χ2v) is 3.58. The summed E-state index contributed by atoms with van der Waals surface area (Å²) in [7, 11) is 0. The minimum absolute atomic E-state index is 0.212. The number of rotatable bonds is 3. The maximum atomic E-state index is 11.1. The van der Waals surface area contributed by atoms with Gasteiger partial charge in [0.05, 0.1) is 0 Å². The van der Waals surface area contributed by atoms with Crippen molar-refractivity contribution in [2.45, 2.75) is 32.6 Å². The third kappa shape index (κ3) is 2.29. The van der Waals surface area contributed by atoms with Crippen molar-refractivity contribution in [3.63, 3.8) is 0 Å². The zero-order valence-corrected chi connectivity index (χ0v) is 7.05. The van der Waals surface area contributed by atoms with E-state index in [9.17, 15) is 4.79 Å². The third-order valence-corrected chi connectivity index (χ3v) is 2.43. The lowest BCUT2D eigenvalue weighted by atomic mass is 9.94. The van der Waals surface area contributed by atoms with Crippen LogP contribution >= 0.6 is 0 Å². The highest BCUT2D eigenvalue weighted by molar-refractivity contribution is 5.82. The van der Waals surface area contributed by atoms with E-state index in [0.29, 0.717) is 11.7 Å². The Morgan fingerprint density at radius 3 is 2.91 bits per heavy atom. The van der Waals surface area contributed by atoms with Crippen LogP contribution < -0.4 is 0 Å². The highest BCUT2D eigenvalue weighted by atomic mass is 16.3. The molecule has 0 aromatic rings. The number of hydrogen-bond acceptors (Lipinski definition) is 2. The topological polar surface area (TPSA) is 37.3 Å². The Morgan fingerprint density at radius 2 is 2.45 bits per heavy atom. The lowest BCUT2D eigenvalue weighted by Crippen LogP contribution is -2.12. The van der Waals surface area contributed by atoms with E-state index >= 15 is 0 Å². The zero-order valence-electron chi connectivity index (χ0n) is 7.05. The minimum atomic E-state index is 0.212. The number of carbonyl (C=O) groups excluding carboxylic acids is 1. The van der Waals surface area contributed by atoms with Crippen LogP contribution in [0.4, 0.5) is 0 Å². The van der Waals surface area contributed by atoms with Gasteiger partial charge in [0.25, 0.3) is 0 Å². The molecule has 11 heavy (non-hydrogen) atoms. The second-order valence-electron chi connectivity index (χ2n) is 3.58. The second kappa shape index (κ2) is 3.86. The molecule has 0 spiro atoms. The van der Waals surface area contributed by atoms with Crippen LogP contribution in [0, 0.1) is 11.8 Å². The van der Waals surface area contributed by atoms with Crippen molar-refractivity contribution in [2.75, 3.05) is 6.61 Å². The summed E-state index contributed by atoms with van der Waals surface area (Å²) in [4.78, 5) is 11.1. The molecule has 0 aromatic heterocycles. The summed E-state index contributed by atoms with van der Waals surface area (Å²) in [5.74, 6) is 0.962. The van der Waals surface area contributed by atoms with E-state index in [2.05, 4.69) is 0 Å². The molecule has 1 fully saturated rings. The number of ketones is 1. The first-order valence-electron chi connectivity index (χ1n) is 4.37. The molecule has 1 aliphatic rings. The van der Waals surface area contributed by atoms with Gasteiger partial charge in [-0.05, 0) is 25.2 Å². The van der Waals surface area contributed by atoms with Crippen molar-refractivity contribution in [3.8, 4) is 0 Å². The predicted octanol–water partition coefficient (Wildman–Crippen LogP) is 1.37. The molecule has 0 heterocycles.